The van der Waals surface area contributed by atoms with Gasteiger partial charge in [-0.2, -0.15) is 121 Å². The van der Waals surface area contributed by atoms with E-state index in [0.29, 0.717) is 10.5 Å². The van der Waals surface area contributed by atoms with Gasteiger partial charge in [0.15, 0.2) is 0 Å². The summed E-state index contributed by atoms with van der Waals surface area (Å²) in [4.78, 5) is 0. The lowest BCUT2D eigenvalue weighted by molar-refractivity contribution is 1.10. The van der Waals surface area contributed by atoms with E-state index in [4.69, 9.17) is 0 Å². The third kappa shape index (κ3) is 19.7. The molecule has 198 valence electrons. The first-order chi connectivity index (χ1) is 16.7. The van der Waals surface area contributed by atoms with E-state index in [1.54, 1.807) is 0 Å². The molecule has 0 fully saturated rings. The molecule has 0 aliphatic carbocycles. The van der Waals surface area contributed by atoms with Gasteiger partial charge < -0.3 is 0 Å². The average molecular weight is 651 g/mol. The molecule has 0 nitrogen and oxygen atoms in total. The van der Waals surface area contributed by atoms with Crippen molar-refractivity contribution in [3.05, 3.63) is 35.4 Å². The summed E-state index contributed by atoms with van der Waals surface area (Å²) in [7, 11) is 0. The summed E-state index contributed by atoms with van der Waals surface area (Å²) in [6.07, 6.45) is 2.36. The van der Waals surface area contributed by atoms with Gasteiger partial charge in [-0.3, -0.25) is 0 Å². The van der Waals surface area contributed by atoms with Gasteiger partial charge in [0.05, 0.1) is 0 Å². The van der Waals surface area contributed by atoms with Crippen LogP contribution in [0.3, 0.4) is 0 Å². The first kappa shape index (κ1) is 34.7. The number of thioether (sulfide) groups is 6. The number of thiol groups is 4. The highest BCUT2D eigenvalue weighted by atomic mass is 32.2. The fourth-order valence-corrected chi connectivity index (χ4v) is 11.4. The fraction of sp³-hybridized carbons (Fsp3) is 0.750. The molecule has 0 saturated carbocycles. The highest BCUT2D eigenvalue weighted by Crippen LogP contribution is 2.21. The molecule has 1 aromatic rings. The Labute approximate surface area is 257 Å². The molecule has 0 aliphatic rings. The Morgan fingerprint density at radius 2 is 1.06 bits per heavy atom. The predicted molar refractivity (Wildman–Crippen MR) is 191 cm³/mol. The molecule has 0 saturated heterocycles. The highest BCUT2D eigenvalue weighted by Gasteiger charge is 2.08. The van der Waals surface area contributed by atoms with Crippen molar-refractivity contribution >= 4 is 121 Å². The van der Waals surface area contributed by atoms with Crippen LogP contribution in [0, 0.1) is 0 Å². The minimum Gasteiger partial charge on any atom is -0.179 e. The zero-order valence-electron chi connectivity index (χ0n) is 20.0. The molecule has 0 aliphatic heterocycles. The maximum Gasteiger partial charge on any atom is 0.0226 e. The highest BCUT2D eigenvalue weighted by molar-refractivity contribution is 8.06. The monoisotopic (exact) mass is 650 g/mol. The van der Waals surface area contributed by atoms with Gasteiger partial charge in [-0.05, 0) is 47.0 Å². The Morgan fingerprint density at radius 1 is 0.559 bits per heavy atom. The van der Waals surface area contributed by atoms with Crippen LogP contribution in [0.25, 0.3) is 0 Å². The molecule has 2 atom stereocenters. The minimum absolute atomic E-state index is 0.669. The maximum atomic E-state index is 4.52. The van der Waals surface area contributed by atoms with E-state index >= 15 is 0 Å². The van der Waals surface area contributed by atoms with Crippen molar-refractivity contribution in [1.82, 2.24) is 0 Å². The molecule has 0 heterocycles. The largest absolute Gasteiger partial charge is 0.179 e. The van der Waals surface area contributed by atoms with E-state index < -0.39 is 0 Å². The van der Waals surface area contributed by atoms with Crippen molar-refractivity contribution in [2.75, 3.05) is 80.5 Å². The van der Waals surface area contributed by atoms with Crippen LogP contribution < -0.4 is 0 Å². The van der Waals surface area contributed by atoms with Gasteiger partial charge in [0.1, 0.15) is 0 Å². The van der Waals surface area contributed by atoms with E-state index in [0.717, 1.165) is 34.5 Å². The zero-order valence-corrected chi connectivity index (χ0v) is 28.5. The summed E-state index contributed by atoms with van der Waals surface area (Å²) in [5, 5.41) is 1.34. The maximum absolute atomic E-state index is 4.52. The molecule has 0 amide bonds. The van der Waals surface area contributed by atoms with Crippen LogP contribution in [0.1, 0.15) is 11.1 Å². The van der Waals surface area contributed by atoms with Crippen molar-refractivity contribution in [2.24, 2.45) is 0 Å². The second-order valence-electron chi connectivity index (χ2n) is 7.49. The lowest BCUT2D eigenvalue weighted by atomic mass is 10.1. The summed E-state index contributed by atoms with van der Waals surface area (Å²) < 4.78 is 0. The van der Waals surface area contributed by atoms with Crippen LogP contribution in [0.15, 0.2) is 24.3 Å². The van der Waals surface area contributed by atoms with Crippen LogP contribution in [0.4, 0.5) is 0 Å². The number of benzene rings is 1. The van der Waals surface area contributed by atoms with Crippen LogP contribution in [0.5, 0.6) is 0 Å². The number of hydrogen-bond acceptors (Lipinski definition) is 10. The van der Waals surface area contributed by atoms with Crippen molar-refractivity contribution in [1.29, 1.82) is 0 Å². The Hall–Kier alpha value is 2.72. The van der Waals surface area contributed by atoms with Crippen molar-refractivity contribution in [3.63, 3.8) is 0 Å². The number of hydrogen-bond donors (Lipinski definition) is 4. The normalized spacial score (nSPS) is 13.3. The summed E-state index contributed by atoms with van der Waals surface area (Å²) in [6, 6.07) is 9.26. The Morgan fingerprint density at radius 3 is 1.62 bits per heavy atom. The quantitative estimate of drug-likeness (QED) is 0.0667. The zero-order chi connectivity index (χ0) is 24.7. The number of rotatable bonds is 24. The van der Waals surface area contributed by atoms with Crippen molar-refractivity contribution < 1.29 is 0 Å². The minimum atomic E-state index is 0.669. The second-order valence-corrected chi connectivity index (χ2v) is 16.7. The van der Waals surface area contributed by atoms with E-state index in [-0.39, 0.29) is 0 Å². The molecule has 0 spiro atoms. The van der Waals surface area contributed by atoms with Gasteiger partial charge in [-0.25, -0.2) is 0 Å². The van der Waals surface area contributed by atoms with E-state index in [1.807, 2.05) is 23.5 Å². The topological polar surface area (TPSA) is 0 Å². The number of aryl methyl sites for hydroxylation is 2. The lowest BCUT2D eigenvalue weighted by Crippen LogP contribution is -2.10. The molecule has 10 heteroatoms. The Kier molecular flexibility index (Phi) is 26.5. The van der Waals surface area contributed by atoms with Gasteiger partial charge in [0.2, 0.25) is 0 Å². The molecule has 0 aromatic heterocycles. The SMILES string of the molecule is SCCSCC(CS)SCCSCCc1cccc(CCSCCSCC(CS)SCCS)c1. The molecule has 0 radical (unpaired) electrons. The lowest BCUT2D eigenvalue weighted by Gasteiger charge is -2.13. The summed E-state index contributed by atoms with van der Waals surface area (Å²) >= 11 is 30.0. The second kappa shape index (κ2) is 26.0. The Bertz CT molecular complexity index is 574. The first-order valence-corrected chi connectivity index (χ1v) is 21.0. The summed E-state index contributed by atoms with van der Waals surface area (Å²) in [6.45, 7) is 0. The molecule has 2 unspecified atom stereocenters. The molecule has 1 aromatic carbocycles. The molecule has 0 bridgehead atoms. The van der Waals surface area contributed by atoms with Crippen molar-refractivity contribution in [3.8, 4) is 0 Å². The van der Waals surface area contributed by atoms with Crippen molar-refractivity contribution in [2.45, 2.75) is 23.3 Å². The third-order valence-electron chi connectivity index (χ3n) is 4.71. The molecule has 34 heavy (non-hydrogen) atoms. The smallest absolute Gasteiger partial charge is 0.0226 e. The van der Waals surface area contributed by atoms with E-state index in [2.05, 4.69) is 122 Å². The first-order valence-electron chi connectivity index (χ1n) is 11.8. The predicted octanol–water partition coefficient (Wildman–Crippen LogP) is 7.63. The summed E-state index contributed by atoms with van der Waals surface area (Å²) in [5.41, 5.74) is 2.98. The standard InChI is InChI=1S/C24H42S10/c25-6-10-31-19-24(18-28)34-15-14-30-9-5-22-3-1-2-21(16-22)4-8-29-12-13-32-20-23(17-27)33-11-7-26/h1-3,16,23-28H,4-15,17-20H2. The van der Waals surface area contributed by atoms with E-state index in [1.165, 1.54) is 70.0 Å². The van der Waals surface area contributed by atoms with Crippen LogP contribution in [0.2, 0.25) is 0 Å². The van der Waals surface area contributed by atoms with Crippen LogP contribution in [-0.4, -0.2) is 91.0 Å². The molecule has 0 N–H and O–H groups in total. The van der Waals surface area contributed by atoms with Crippen LogP contribution >= 0.6 is 121 Å². The molecular weight excluding hydrogens is 609 g/mol. The molecular formula is C24H42S10. The van der Waals surface area contributed by atoms with E-state index in [9.17, 15) is 0 Å². The third-order valence-corrected chi connectivity index (χ3v) is 14.8. The average Bonchev–Trinajstić information content (AvgIpc) is 2.86. The Balaban J connectivity index is 2.08. The van der Waals surface area contributed by atoms with Gasteiger partial charge >= 0.3 is 0 Å². The van der Waals surface area contributed by atoms with Crippen LogP contribution in [-0.2, 0) is 12.8 Å². The van der Waals surface area contributed by atoms with Gasteiger partial charge in [-0.1, -0.05) is 24.3 Å². The van der Waals surface area contributed by atoms with Gasteiger partial charge in [-0.15, -0.1) is 0 Å². The van der Waals surface area contributed by atoms with Gasteiger partial charge in [0, 0.05) is 68.0 Å². The molecule has 1 rings (SSSR count). The van der Waals surface area contributed by atoms with Gasteiger partial charge in [0.25, 0.3) is 0 Å². The fourth-order valence-electron chi connectivity index (χ4n) is 2.94. The summed E-state index contributed by atoms with van der Waals surface area (Å²) in [5.74, 6) is 16.0.